The molecule has 0 aliphatic carbocycles. The Hall–Kier alpha value is -1.08. The van der Waals surface area contributed by atoms with Crippen molar-refractivity contribution in [2.75, 3.05) is 39.4 Å². The molecule has 0 aromatic carbocycles. The number of urea groups is 1. The minimum atomic E-state index is 0.154. The van der Waals surface area contributed by atoms with Gasteiger partial charge in [0.15, 0.2) is 0 Å². The van der Waals surface area contributed by atoms with Gasteiger partial charge in [-0.3, -0.25) is 4.68 Å². The number of hydrogen-bond acceptors (Lipinski definition) is 3. The topological polar surface area (TPSA) is 50.6 Å². The summed E-state index contributed by atoms with van der Waals surface area (Å²) >= 11 is 3.38. The highest BCUT2D eigenvalue weighted by Crippen LogP contribution is 2.20. The Bertz CT molecular complexity index is 452. The van der Waals surface area contributed by atoms with E-state index in [1.807, 2.05) is 20.7 Å². The molecule has 104 valence electrons. The van der Waals surface area contributed by atoms with E-state index in [-0.39, 0.29) is 6.03 Å². The fraction of sp³-hybridized carbons (Fsp3) is 0.667. The van der Waals surface area contributed by atoms with Gasteiger partial charge in [-0.1, -0.05) is 0 Å². The van der Waals surface area contributed by atoms with E-state index in [2.05, 4.69) is 21.0 Å². The molecule has 3 rings (SSSR count). The molecule has 6 nitrogen and oxygen atoms in total. The molecule has 1 aromatic heterocycles. The highest BCUT2D eigenvalue weighted by molar-refractivity contribution is 9.10. The molecule has 0 saturated carbocycles. The number of hydrogen-bond donors (Lipinski definition) is 0. The van der Waals surface area contributed by atoms with Gasteiger partial charge in [-0.05, 0) is 15.9 Å². The molecule has 0 atom stereocenters. The molecule has 7 heteroatoms. The molecule has 2 amide bonds. The van der Waals surface area contributed by atoms with E-state index in [1.54, 1.807) is 6.20 Å². The molecule has 0 radical (unpaired) electrons. The summed E-state index contributed by atoms with van der Waals surface area (Å²) in [6.07, 6.45) is 3.75. The van der Waals surface area contributed by atoms with Crippen LogP contribution in [0.25, 0.3) is 0 Å². The van der Waals surface area contributed by atoms with Crippen LogP contribution in [0, 0.1) is 5.92 Å². The van der Waals surface area contributed by atoms with Crippen molar-refractivity contribution in [1.29, 1.82) is 0 Å². The molecule has 3 heterocycles. The molecular weight excluding hydrogens is 312 g/mol. The SMILES string of the molecule is O=C(N1CCOCC1)N1CC(Cn2cc(Br)cn2)C1. The second kappa shape index (κ2) is 5.50. The van der Waals surface area contributed by atoms with Gasteiger partial charge in [0, 0.05) is 44.8 Å². The first-order chi connectivity index (χ1) is 9.22. The summed E-state index contributed by atoms with van der Waals surface area (Å²) in [5, 5.41) is 4.24. The second-order valence-corrected chi connectivity index (χ2v) is 5.95. The Morgan fingerprint density at radius 3 is 2.74 bits per heavy atom. The summed E-state index contributed by atoms with van der Waals surface area (Å²) in [5.41, 5.74) is 0. The molecule has 0 spiro atoms. The largest absolute Gasteiger partial charge is 0.378 e. The van der Waals surface area contributed by atoms with Gasteiger partial charge in [0.1, 0.15) is 0 Å². The van der Waals surface area contributed by atoms with Gasteiger partial charge in [0.05, 0.1) is 23.9 Å². The van der Waals surface area contributed by atoms with Crippen molar-refractivity contribution in [3.63, 3.8) is 0 Å². The van der Waals surface area contributed by atoms with Crippen LogP contribution in [0.1, 0.15) is 0 Å². The van der Waals surface area contributed by atoms with Crippen LogP contribution in [0.3, 0.4) is 0 Å². The summed E-state index contributed by atoms with van der Waals surface area (Å²) in [6, 6.07) is 0.154. The number of aromatic nitrogens is 2. The van der Waals surface area contributed by atoms with Crippen molar-refractivity contribution in [3.05, 3.63) is 16.9 Å². The lowest BCUT2D eigenvalue weighted by atomic mass is 10.0. The highest BCUT2D eigenvalue weighted by atomic mass is 79.9. The monoisotopic (exact) mass is 328 g/mol. The molecule has 2 aliphatic rings. The maximum absolute atomic E-state index is 12.1. The van der Waals surface area contributed by atoms with Crippen molar-refractivity contribution in [2.45, 2.75) is 6.54 Å². The van der Waals surface area contributed by atoms with Crippen LogP contribution < -0.4 is 0 Å². The molecule has 0 unspecified atom stereocenters. The number of rotatable bonds is 2. The summed E-state index contributed by atoms with van der Waals surface area (Å²) in [5.74, 6) is 0.511. The molecule has 0 N–H and O–H groups in total. The lowest BCUT2D eigenvalue weighted by Gasteiger charge is -2.42. The third-order valence-electron chi connectivity index (χ3n) is 3.56. The summed E-state index contributed by atoms with van der Waals surface area (Å²) < 4.78 is 8.17. The molecule has 2 saturated heterocycles. The Morgan fingerprint density at radius 1 is 1.37 bits per heavy atom. The van der Waals surface area contributed by atoms with Gasteiger partial charge in [-0.2, -0.15) is 5.10 Å². The van der Waals surface area contributed by atoms with Gasteiger partial charge in [0.25, 0.3) is 0 Å². The number of ether oxygens (including phenoxy) is 1. The number of carbonyl (C=O) groups is 1. The average molecular weight is 329 g/mol. The van der Waals surface area contributed by atoms with Crippen LogP contribution in [0.15, 0.2) is 16.9 Å². The normalized spacial score (nSPS) is 20.5. The number of carbonyl (C=O) groups excluding carboxylic acids is 1. The molecule has 19 heavy (non-hydrogen) atoms. The Labute approximate surface area is 120 Å². The smallest absolute Gasteiger partial charge is 0.320 e. The second-order valence-electron chi connectivity index (χ2n) is 5.03. The number of halogens is 1. The van der Waals surface area contributed by atoms with Crippen LogP contribution in [-0.2, 0) is 11.3 Å². The van der Waals surface area contributed by atoms with E-state index < -0.39 is 0 Å². The Balaban J connectivity index is 1.45. The van der Waals surface area contributed by atoms with Gasteiger partial charge in [0.2, 0.25) is 0 Å². The van der Waals surface area contributed by atoms with Crippen molar-refractivity contribution in [3.8, 4) is 0 Å². The first-order valence-electron chi connectivity index (χ1n) is 6.52. The molecule has 1 aromatic rings. The van der Waals surface area contributed by atoms with E-state index in [0.29, 0.717) is 32.2 Å². The maximum Gasteiger partial charge on any atom is 0.320 e. The van der Waals surface area contributed by atoms with Gasteiger partial charge in [-0.15, -0.1) is 0 Å². The maximum atomic E-state index is 12.1. The summed E-state index contributed by atoms with van der Waals surface area (Å²) in [4.78, 5) is 15.9. The fourth-order valence-electron chi connectivity index (χ4n) is 2.50. The van der Waals surface area contributed by atoms with Crippen LogP contribution in [0.5, 0.6) is 0 Å². The zero-order valence-electron chi connectivity index (χ0n) is 10.7. The van der Waals surface area contributed by atoms with Crippen molar-refractivity contribution in [1.82, 2.24) is 19.6 Å². The fourth-order valence-corrected chi connectivity index (χ4v) is 2.83. The third-order valence-corrected chi connectivity index (χ3v) is 3.97. The summed E-state index contributed by atoms with van der Waals surface area (Å²) in [7, 11) is 0. The quantitative estimate of drug-likeness (QED) is 0.814. The number of morpholine rings is 1. The van der Waals surface area contributed by atoms with Gasteiger partial charge in [-0.25, -0.2) is 4.79 Å². The molecule has 2 fully saturated rings. The number of likely N-dealkylation sites (tertiary alicyclic amines) is 1. The first-order valence-corrected chi connectivity index (χ1v) is 7.31. The Morgan fingerprint density at radius 2 is 2.11 bits per heavy atom. The van der Waals surface area contributed by atoms with Crippen molar-refractivity contribution < 1.29 is 9.53 Å². The van der Waals surface area contributed by atoms with Crippen molar-refractivity contribution in [2.24, 2.45) is 5.92 Å². The van der Waals surface area contributed by atoms with Gasteiger partial charge >= 0.3 is 6.03 Å². The average Bonchev–Trinajstić information content (AvgIpc) is 2.79. The minimum Gasteiger partial charge on any atom is -0.378 e. The zero-order chi connectivity index (χ0) is 13.2. The minimum absolute atomic E-state index is 0.154. The van der Waals surface area contributed by atoms with E-state index >= 15 is 0 Å². The predicted octanol–water partition coefficient (Wildman–Crippen LogP) is 1.03. The van der Waals surface area contributed by atoms with Crippen LogP contribution in [0.2, 0.25) is 0 Å². The standard InChI is InChI=1S/C12H17BrN4O2/c13-11-5-14-17(9-11)8-10-6-16(7-10)12(18)15-1-3-19-4-2-15/h5,9-10H,1-4,6-8H2. The third kappa shape index (κ3) is 2.92. The summed E-state index contributed by atoms with van der Waals surface area (Å²) in [6.45, 7) is 5.27. The van der Waals surface area contributed by atoms with Gasteiger partial charge < -0.3 is 14.5 Å². The van der Waals surface area contributed by atoms with Crippen molar-refractivity contribution >= 4 is 22.0 Å². The van der Waals surface area contributed by atoms with Crippen LogP contribution >= 0.6 is 15.9 Å². The zero-order valence-corrected chi connectivity index (χ0v) is 12.3. The lowest BCUT2D eigenvalue weighted by molar-refractivity contribution is 0.0265. The van der Waals surface area contributed by atoms with Crippen LogP contribution in [-0.4, -0.2) is 65.0 Å². The first kappa shape index (κ1) is 12.9. The molecular formula is C12H17BrN4O2. The predicted molar refractivity (Wildman–Crippen MR) is 72.8 cm³/mol. The highest BCUT2D eigenvalue weighted by Gasteiger charge is 2.33. The van der Waals surface area contributed by atoms with E-state index in [9.17, 15) is 4.79 Å². The van der Waals surface area contributed by atoms with Crippen LogP contribution in [0.4, 0.5) is 4.79 Å². The lowest BCUT2D eigenvalue weighted by Crippen LogP contribution is -2.57. The van der Waals surface area contributed by atoms with E-state index in [0.717, 1.165) is 24.1 Å². The number of amides is 2. The molecule has 0 bridgehead atoms. The molecule has 2 aliphatic heterocycles. The van der Waals surface area contributed by atoms with E-state index in [1.165, 1.54) is 0 Å². The number of nitrogens with zero attached hydrogens (tertiary/aromatic N) is 4. The van der Waals surface area contributed by atoms with E-state index in [4.69, 9.17) is 4.74 Å². The Kier molecular flexibility index (Phi) is 3.74.